The fourth-order valence-corrected chi connectivity index (χ4v) is 9.30. The van der Waals surface area contributed by atoms with Gasteiger partial charge in [-0.1, -0.05) is 65.5 Å². The summed E-state index contributed by atoms with van der Waals surface area (Å²) in [6, 6.07) is 0. The van der Waals surface area contributed by atoms with Gasteiger partial charge >= 0.3 is 0 Å². The molecule has 3 fully saturated rings. The molecule has 8 atom stereocenters. The van der Waals surface area contributed by atoms with Crippen LogP contribution >= 0.6 is 0 Å². The molecule has 0 aromatic carbocycles. The lowest BCUT2D eigenvalue weighted by Gasteiger charge is -2.58. The van der Waals surface area contributed by atoms with Crippen molar-refractivity contribution in [3.8, 4) is 11.8 Å². The summed E-state index contributed by atoms with van der Waals surface area (Å²) in [4.78, 5) is 0. The molecule has 0 bridgehead atoms. The molecule has 0 radical (unpaired) electrons. The van der Waals surface area contributed by atoms with Crippen molar-refractivity contribution in [3.05, 3.63) is 11.6 Å². The van der Waals surface area contributed by atoms with Crippen LogP contribution in [0.1, 0.15) is 118 Å². The Balaban J connectivity index is 1.36. The van der Waals surface area contributed by atoms with E-state index in [0.29, 0.717) is 23.4 Å². The standard InChI is InChI=1S/C33H54O2/c1-24(2)11-10-12-25(3)29-15-16-30-28-14-13-26-23-27(35-22-9-7-6-8-21-34)17-19-32(26,4)31(28)18-20-33(29,30)5/h13,24-25,27-31,34H,8-12,14-23H2,1-5H3/t25-,27+,28?,29-,30?,31?,32+,33-/m1/s1. The molecule has 0 saturated heterocycles. The molecule has 1 N–H and O–H groups in total. The third-order valence-electron chi connectivity index (χ3n) is 11.2. The zero-order chi connectivity index (χ0) is 25.1. The van der Waals surface area contributed by atoms with Crippen LogP contribution in [-0.2, 0) is 4.74 Å². The highest BCUT2D eigenvalue weighted by atomic mass is 16.5. The van der Waals surface area contributed by atoms with E-state index in [-0.39, 0.29) is 6.61 Å². The van der Waals surface area contributed by atoms with Gasteiger partial charge in [-0.25, -0.2) is 0 Å². The van der Waals surface area contributed by atoms with Crippen LogP contribution in [-0.4, -0.2) is 24.4 Å². The minimum atomic E-state index is 0.156. The van der Waals surface area contributed by atoms with E-state index < -0.39 is 0 Å². The van der Waals surface area contributed by atoms with E-state index in [4.69, 9.17) is 9.84 Å². The van der Waals surface area contributed by atoms with Gasteiger partial charge in [0.25, 0.3) is 0 Å². The molecule has 2 heteroatoms. The van der Waals surface area contributed by atoms with Crippen LogP contribution in [0.4, 0.5) is 0 Å². The van der Waals surface area contributed by atoms with E-state index in [1.54, 1.807) is 5.57 Å². The van der Waals surface area contributed by atoms with Crippen LogP contribution in [0.25, 0.3) is 0 Å². The third kappa shape index (κ3) is 5.72. The highest BCUT2D eigenvalue weighted by Gasteiger charge is 2.59. The lowest BCUT2D eigenvalue weighted by molar-refractivity contribution is -0.0635. The van der Waals surface area contributed by atoms with E-state index in [9.17, 15) is 0 Å². The molecule has 0 heterocycles. The average Bonchev–Trinajstić information content (AvgIpc) is 3.18. The predicted octanol–water partition coefficient (Wildman–Crippen LogP) is 8.19. The van der Waals surface area contributed by atoms with Gasteiger partial charge in [-0.05, 0) is 97.7 Å². The molecule has 0 spiro atoms. The first kappa shape index (κ1) is 27.3. The van der Waals surface area contributed by atoms with Crippen LogP contribution in [0.3, 0.4) is 0 Å². The van der Waals surface area contributed by atoms with E-state index in [0.717, 1.165) is 55.0 Å². The Hall–Kier alpha value is -0.780. The van der Waals surface area contributed by atoms with Crippen molar-refractivity contribution < 1.29 is 9.84 Å². The molecule has 3 unspecified atom stereocenters. The number of aliphatic hydroxyl groups is 1. The molecule has 0 aliphatic heterocycles. The van der Waals surface area contributed by atoms with E-state index in [1.165, 1.54) is 64.2 Å². The number of fused-ring (bicyclic) bond motifs is 5. The molecule has 0 amide bonds. The minimum Gasteiger partial charge on any atom is -0.395 e. The molecule has 2 nitrogen and oxygen atoms in total. The van der Waals surface area contributed by atoms with Crippen molar-refractivity contribution in [1.29, 1.82) is 0 Å². The number of hydrogen-bond donors (Lipinski definition) is 1. The maximum atomic E-state index is 8.85. The van der Waals surface area contributed by atoms with Crippen LogP contribution in [0.5, 0.6) is 0 Å². The lowest BCUT2D eigenvalue weighted by Crippen LogP contribution is -2.51. The van der Waals surface area contributed by atoms with Gasteiger partial charge in [-0.15, -0.1) is 11.8 Å². The molecular formula is C33H54O2. The molecule has 4 rings (SSSR count). The van der Waals surface area contributed by atoms with E-state index in [2.05, 4.69) is 52.5 Å². The molecular weight excluding hydrogens is 428 g/mol. The number of ether oxygens (including phenoxy) is 1. The van der Waals surface area contributed by atoms with Crippen LogP contribution in [0.15, 0.2) is 11.6 Å². The van der Waals surface area contributed by atoms with E-state index >= 15 is 0 Å². The molecule has 4 aliphatic rings. The molecule has 3 saturated carbocycles. The number of allylic oxidation sites excluding steroid dienone is 1. The topological polar surface area (TPSA) is 29.5 Å². The monoisotopic (exact) mass is 482 g/mol. The zero-order valence-electron chi connectivity index (χ0n) is 23.6. The molecule has 4 aliphatic carbocycles. The molecule has 198 valence electrons. The predicted molar refractivity (Wildman–Crippen MR) is 147 cm³/mol. The van der Waals surface area contributed by atoms with Crippen LogP contribution in [0, 0.1) is 58.2 Å². The molecule has 0 aromatic rings. The van der Waals surface area contributed by atoms with Crippen LogP contribution < -0.4 is 0 Å². The van der Waals surface area contributed by atoms with Crippen molar-refractivity contribution in [3.63, 3.8) is 0 Å². The highest BCUT2D eigenvalue weighted by Crippen LogP contribution is 2.67. The second kappa shape index (κ2) is 11.7. The Bertz CT molecular complexity index is 787. The first-order valence-corrected chi connectivity index (χ1v) is 15.2. The second-order valence-corrected chi connectivity index (χ2v) is 13.6. The van der Waals surface area contributed by atoms with Gasteiger partial charge in [0.2, 0.25) is 0 Å². The number of aliphatic hydroxyl groups excluding tert-OH is 1. The Kier molecular flexibility index (Phi) is 9.14. The van der Waals surface area contributed by atoms with Crippen molar-refractivity contribution in [1.82, 2.24) is 0 Å². The maximum Gasteiger partial charge on any atom is 0.0613 e. The normalized spacial score (nSPS) is 39.2. The van der Waals surface area contributed by atoms with E-state index in [1.807, 2.05) is 0 Å². The van der Waals surface area contributed by atoms with Crippen molar-refractivity contribution in [2.24, 2.45) is 46.3 Å². The first-order valence-electron chi connectivity index (χ1n) is 15.2. The SMILES string of the molecule is CC(C)CCC[C@@H](C)[C@H]1CCC2C3CC=C4C[C@@H](OCCC#CCCO)CC[C@]4(C)C3CC[C@@]21C. The Morgan fingerprint density at radius 3 is 2.57 bits per heavy atom. The number of hydrogen-bond acceptors (Lipinski definition) is 2. The summed E-state index contributed by atoms with van der Waals surface area (Å²) in [5.41, 5.74) is 2.71. The summed E-state index contributed by atoms with van der Waals surface area (Å²) in [6.07, 6.45) is 19.5. The van der Waals surface area contributed by atoms with Gasteiger partial charge in [0.15, 0.2) is 0 Å². The summed E-state index contributed by atoms with van der Waals surface area (Å²) in [7, 11) is 0. The quantitative estimate of drug-likeness (QED) is 0.204. The summed E-state index contributed by atoms with van der Waals surface area (Å²) in [5.74, 6) is 11.6. The summed E-state index contributed by atoms with van der Waals surface area (Å²) >= 11 is 0. The van der Waals surface area contributed by atoms with Crippen LogP contribution in [0.2, 0.25) is 0 Å². The molecule has 0 aromatic heterocycles. The first-order chi connectivity index (χ1) is 16.8. The minimum absolute atomic E-state index is 0.156. The second-order valence-electron chi connectivity index (χ2n) is 13.6. The third-order valence-corrected chi connectivity index (χ3v) is 11.2. The largest absolute Gasteiger partial charge is 0.395 e. The average molecular weight is 483 g/mol. The number of rotatable bonds is 9. The fourth-order valence-electron chi connectivity index (χ4n) is 9.30. The zero-order valence-corrected chi connectivity index (χ0v) is 23.6. The Morgan fingerprint density at radius 2 is 1.80 bits per heavy atom. The lowest BCUT2D eigenvalue weighted by atomic mass is 9.47. The van der Waals surface area contributed by atoms with Gasteiger partial charge in [-0.3, -0.25) is 0 Å². The molecule has 35 heavy (non-hydrogen) atoms. The van der Waals surface area contributed by atoms with Crippen molar-refractivity contribution in [2.75, 3.05) is 13.2 Å². The van der Waals surface area contributed by atoms with Gasteiger partial charge in [0.1, 0.15) is 0 Å². The Morgan fingerprint density at radius 1 is 1.00 bits per heavy atom. The van der Waals surface area contributed by atoms with Crippen molar-refractivity contribution in [2.45, 2.75) is 124 Å². The van der Waals surface area contributed by atoms with Gasteiger partial charge < -0.3 is 9.84 Å². The summed E-state index contributed by atoms with van der Waals surface area (Å²) in [5, 5.41) is 8.85. The van der Waals surface area contributed by atoms with Gasteiger partial charge in [-0.2, -0.15) is 0 Å². The summed E-state index contributed by atoms with van der Waals surface area (Å²) < 4.78 is 6.26. The summed E-state index contributed by atoms with van der Waals surface area (Å²) in [6.45, 7) is 13.6. The highest BCUT2D eigenvalue weighted by molar-refractivity contribution is 5.25. The fraction of sp³-hybridized carbons (Fsp3) is 0.879. The van der Waals surface area contributed by atoms with Crippen molar-refractivity contribution >= 4 is 0 Å². The van der Waals surface area contributed by atoms with Gasteiger partial charge in [0, 0.05) is 12.8 Å². The smallest absolute Gasteiger partial charge is 0.0613 e. The Labute approximate surface area is 217 Å². The van der Waals surface area contributed by atoms with Gasteiger partial charge in [0.05, 0.1) is 19.3 Å². The maximum absolute atomic E-state index is 8.85.